The maximum Gasteiger partial charge on any atom is 0.297 e. The van der Waals surface area contributed by atoms with Crippen LogP contribution in [0.4, 0.5) is 0 Å². The Morgan fingerprint density at radius 3 is 3.15 bits per heavy atom. The molecule has 1 atom stereocenters. The van der Waals surface area contributed by atoms with E-state index >= 15 is 0 Å². The van der Waals surface area contributed by atoms with Gasteiger partial charge in [0.05, 0.1) is 6.26 Å². The summed E-state index contributed by atoms with van der Waals surface area (Å²) in [7, 11) is 0. The molecule has 0 aromatic carbocycles. The van der Waals surface area contributed by atoms with Crippen LogP contribution in [0.5, 0.6) is 0 Å². The van der Waals surface area contributed by atoms with Gasteiger partial charge in [0, 0.05) is 4.92 Å². The standard InChI is InChI=1S/C7H6N2O4/c10-9(11)5-4-13-8-7(5)6-2-1-3-12-6/h1-3,5H,4H2. The van der Waals surface area contributed by atoms with E-state index in [9.17, 15) is 10.1 Å². The summed E-state index contributed by atoms with van der Waals surface area (Å²) < 4.78 is 4.98. The fourth-order valence-electron chi connectivity index (χ4n) is 1.11. The highest BCUT2D eigenvalue weighted by Crippen LogP contribution is 2.13. The first-order valence-corrected chi connectivity index (χ1v) is 3.66. The fraction of sp³-hybridized carbons (Fsp3) is 0.286. The lowest BCUT2D eigenvalue weighted by atomic mass is 10.1. The molecule has 1 unspecified atom stereocenters. The Kier molecular flexibility index (Phi) is 1.73. The molecule has 1 aliphatic heterocycles. The Balaban J connectivity index is 2.29. The van der Waals surface area contributed by atoms with Crippen molar-refractivity contribution in [2.75, 3.05) is 6.61 Å². The minimum Gasteiger partial charge on any atom is -0.463 e. The Morgan fingerprint density at radius 2 is 2.54 bits per heavy atom. The first kappa shape index (κ1) is 7.78. The van der Waals surface area contributed by atoms with Crippen LogP contribution < -0.4 is 0 Å². The van der Waals surface area contributed by atoms with Crippen molar-refractivity contribution in [3.63, 3.8) is 0 Å². The molecule has 2 rings (SSSR count). The molecule has 2 heterocycles. The number of nitro groups is 1. The van der Waals surface area contributed by atoms with E-state index in [1.165, 1.54) is 6.26 Å². The highest BCUT2D eigenvalue weighted by Gasteiger charge is 2.36. The zero-order valence-electron chi connectivity index (χ0n) is 6.54. The van der Waals surface area contributed by atoms with Gasteiger partial charge in [0.15, 0.2) is 18.1 Å². The van der Waals surface area contributed by atoms with E-state index in [1.54, 1.807) is 12.1 Å². The minimum absolute atomic E-state index is 0.0248. The summed E-state index contributed by atoms with van der Waals surface area (Å²) in [6.45, 7) is -0.0248. The molecule has 0 spiro atoms. The van der Waals surface area contributed by atoms with E-state index in [0.717, 1.165) is 0 Å². The maximum atomic E-state index is 10.5. The first-order valence-electron chi connectivity index (χ1n) is 3.66. The van der Waals surface area contributed by atoms with Crippen molar-refractivity contribution in [2.24, 2.45) is 5.16 Å². The molecule has 0 fully saturated rings. The van der Waals surface area contributed by atoms with Crippen LogP contribution in [-0.4, -0.2) is 23.3 Å². The lowest BCUT2D eigenvalue weighted by Gasteiger charge is -1.98. The maximum absolute atomic E-state index is 10.5. The van der Waals surface area contributed by atoms with Gasteiger partial charge in [-0.1, -0.05) is 5.16 Å². The highest BCUT2D eigenvalue weighted by molar-refractivity contribution is 6.01. The first-order chi connectivity index (χ1) is 6.29. The van der Waals surface area contributed by atoms with Crippen LogP contribution >= 0.6 is 0 Å². The largest absolute Gasteiger partial charge is 0.463 e. The summed E-state index contributed by atoms with van der Waals surface area (Å²) in [5.74, 6) is 0.388. The fourth-order valence-corrected chi connectivity index (χ4v) is 1.11. The Bertz CT molecular complexity index is 343. The average Bonchev–Trinajstić information content (AvgIpc) is 2.74. The Morgan fingerprint density at radius 1 is 1.69 bits per heavy atom. The van der Waals surface area contributed by atoms with Gasteiger partial charge in [0.25, 0.3) is 6.04 Å². The Labute approximate surface area is 72.9 Å². The van der Waals surface area contributed by atoms with Crippen molar-refractivity contribution in [2.45, 2.75) is 6.04 Å². The van der Waals surface area contributed by atoms with Gasteiger partial charge in [-0.25, -0.2) is 0 Å². The van der Waals surface area contributed by atoms with Crippen LogP contribution in [0.1, 0.15) is 5.76 Å². The predicted octanol–water partition coefficient (Wildman–Crippen LogP) is 0.659. The normalized spacial score (nSPS) is 20.9. The quantitative estimate of drug-likeness (QED) is 0.497. The van der Waals surface area contributed by atoms with E-state index in [2.05, 4.69) is 9.99 Å². The summed E-state index contributed by atoms with van der Waals surface area (Å²) in [6, 6.07) is 2.35. The second-order valence-corrected chi connectivity index (χ2v) is 2.55. The Hall–Kier alpha value is -1.85. The third-order valence-electron chi connectivity index (χ3n) is 1.74. The smallest absolute Gasteiger partial charge is 0.297 e. The number of furan rings is 1. The highest BCUT2D eigenvalue weighted by atomic mass is 16.7. The van der Waals surface area contributed by atoms with Crippen LogP contribution in [-0.2, 0) is 4.84 Å². The summed E-state index contributed by atoms with van der Waals surface area (Å²) >= 11 is 0. The molecule has 0 N–H and O–H groups in total. The van der Waals surface area contributed by atoms with Crippen molar-refractivity contribution in [1.29, 1.82) is 0 Å². The van der Waals surface area contributed by atoms with Crippen molar-refractivity contribution in [1.82, 2.24) is 0 Å². The van der Waals surface area contributed by atoms with Crippen LogP contribution in [0.25, 0.3) is 0 Å². The summed E-state index contributed by atoms with van der Waals surface area (Å²) in [6.07, 6.45) is 1.44. The SMILES string of the molecule is O=[N+]([O-])C1CON=C1c1ccco1. The third kappa shape index (κ3) is 1.26. The number of nitrogens with zero attached hydrogens (tertiary/aromatic N) is 2. The second-order valence-electron chi connectivity index (χ2n) is 2.55. The number of rotatable bonds is 2. The molecule has 0 saturated carbocycles. The zero-order valence-corrected chi connectivity index (χ0v) is 6.54. The molecule has 0 amide bonds. The number of oxime groups is 1. The van der Waals surface area contributed by atoms with E-state index in [0.29, 0.717) is 5.76 Å². The van der Waals surface area contributed by atoms with Gasteiger partial charge in [0.2, 0.25) is 0 Å². The predicted molar refractivity (Wildman–Crippen MR) is 42.0 cm³/mol. The van der Waals surface area contributed by atoms with Gasteiger partial charge in [-0.15, -0.1) is 0 Å². The average molecular weight is 182 g/mol. The summed E-state index contributed by atoms with van der Waals surface area (Å²) in [5.41, 5.74) is 0.245. The molecule has 0 bridgehead atoms. The number of hydrogen-bond acceptors (Lipinski definition) is 5. The molecular formula is C7H6N2O4. The van der Waals surface area contributed by atoms with Crippen LogP contribution in [0, 0.1) is 10.1 Å². The molecule has 0 aliphatic carbocycles. The molecule has 1 aromatic heterocycles. The monoisotopic (exact) mass is 182 g/mol. The molecule has 13 heavy (non-hydrogen) atoms. The lowest BCUT2D eigenvalue weighted by Crippen LogP contribution is -2.29. The van der Waals surface area contributed by atoms with Crippen molar-refractivity contribution >= 4 is 5.71 Å². The van der Waals surface area contributed by atoms with Gasteiger partial charge >= 0.3 is 0 Å². The molecule has 1 aromatic rings. The van der Waals surface area contributed by atoms with Gasteiger partial charge in [0.1, 0.15) is 0 Å². The van der Waals surface area contributed by atoms with Crippen molar-refractivity contribution in [3.8, 4) is 0 Å². The molecule has 1 aliphatic rings. The van der Waals surface area contributed by atoms with Crippen LogP contribution in [0.15, 0.2) is 28.0 Å². The summed E-state index contributed by atoms with van der Waals surface area (Å²) in [5, 5.41) is 14.1. The van der Waals surface area contributed by atoms with Crippen molar-refractivity contribution in [3.05, 3.63) is 34.3 Å². The number of hydrogen-bond donors (Lipinski definition) is 0. The van der Waals surface area contributed by atoms with Crippen LogP contribution in [0.2, 0.25) is 0 Å². The topological polar surface area (TPSA) is 77.9 Å². The molecule has 68 valence electrons. The molecule has 0 radical (unpaired) electrons. The minimum atomic E-state index is -0.911. The van der Waals surface area contributed by atoms with Gasteiger partial charge in [-0.3, -0.25) is 10.1 Å². The van der Waals surface area contributed by atoms with E-state index in [1.807, 2.05) is 0 Å². The third-order valence-corrected chi connectivity index (χ3v) is 1.74. The van der Waals surface area contributed by atoms with E-state index in [-0.39, 0.29) is 12.3 Å². The summed E-state index contributed by atoms with van der Waals surface area (Å²) in [4.78, 5) is 14.7. The van der Waals surface area contributed by atoms with Gasteiger partial charge in [-0.2, -0.15) is 0 Å². The molecular weight excluding hydrogens is 176 g/mol. The van der Waals surface area contributed by atoms with Crippen molar-refractivity contribution < 1.29 is 14.2 Å². The van der Waals surface area contributed by atoms with Gasteiger partial charge < -0.3 is 9.25 Å². The molecule has 6 nitrogen and oxygen atoms in total. The van der Waals surface area contributed by atoms with E-state index in [4.69, 9.17) is 4.42 Å². The zero-order chi connectivity index (χ0) is 9.26. The molecule has 6 heteroatoms. The van der Waals surface area contributed by atoms with E-state index < -0.39 is 11.0 Å². The lowest BCUT2D eigenvalue weighted by molar-refractivity contribution is -0.503. The molecule has 0 saturated heterocycles. The van der Waals surface area contributed by atoms with Gasteiger partial charge in [-0.05, 0) is 12.1 Å². The second kappa shape index (κ2) is 2.89. The van der Waals surface area contributed by atoms with Crippen LogP contribution in [0.3, 0.4) is 0 Å².